The molecule has 0 amide bonds. The van der Waals surface area contributed by atoms with E-state index in [-0.39, 0.29) is 11.4 Å². The van der Waals surface area contributed by atoms with Crippen molar-refractivity contribution in [2.75, 3.05) is 20.3 Å². The van der Waals surface area contributed by atoms with Gasteiger partial charge in [0.25, 0.3) is 0 Å². The second-order valence-electron chi connectivity index (χ2n) is 2.62. The maximum absolute atomic E-state index is 11.0. The Bertz CT molecular complexity index is 132. The van der Waals surface area contributed by atoms with E-state index in [2.05, 4.69) is 4.74 Å². The summed E-state index contributed by atoms with van der Waals surface area (Å²) in [6.07, 6.45) is 0.805. The maximum atomic E-state index is 11.0. The van der Waals surface area contributed by atoms with Crippen LogP contribution < -0.4 is 0 Å². The molecule has 0 aromatic carbocycles. The van der Waals surface area contributed by atoms with E-state index in [1.165, 1.54) is 7.11 Å². The summed E-state index contributed by atoms with van der Waals surface area (Å²) in [4.78, 5) is 11.0. The fourth-order valence-electron chi connectivity index (χ4n) is 1.03. The molecule has 0 radical (unpaired) electrons. The van der Waals surface area contributed by atoms with Crippen molar-refractivity contribution in [2.24, 2.45) is 5.41 Å². The first kappa shape index (κ1) is 7.54. The minimum absolute atomic E-state index is 0.138. The fourth-order valence-corrected chi connectivity index (χ4v) is 1.03. The fraction of sp³-hybridized carbons (Fsp3) is 0.857. The van der Waals surface area contributed by atoms with Gasteiger partial charge in [-0.2, -0.15) is 0 Å². The molecule has 0 spiro atoms. The molecule has 1 heterocycles. The lowest BCUT2D eigenvalue weighted by atomic mass is 9.83. The van der Waals surface area contributed by atoms with Crippen LogP contribution in [0, 0.1) is 5.41 Å². The van der Waals surface area contributed by atoms with E-state index in [1.54, 1.807) is 0 Å². The van der Waals surface area contributed by atoms with E-state index < -0.39 is 0 Å². The monoisotopic (exact) mass is 144 g/mol. The van der Waals surface area contributed by atoms with Crippen molar-refractivity contribution in [1.82, 2.24) is 0 Å². The topological polar surface area (TPSA) is 35.5 Å². The molecule has 1 aliphatic heterocycles. The Morgan fingerprint density at radius 3 is 2.40 bits per heavy atom. The van der Waals surface area contributed by atoms with E-state index in [1.807, 2.05) is 6.92 Å². The van der Waals surface area contributed by atoms with Gasteiger partial charge in [-0.25, -0.2) is 0 Å². The Kier molecular flexibility index (Phi) is 1.94. The van der Waals surface area contributed by atoms with Crippen LogP contribution in [0.4, 0.5) is 0 Å². The number of rotatable bonds is 2. The lowest BCUT2D eigenvalue weighted by Gasteiger charge is -2.37. The molecule has 0 saturated carbocycles. The first-order valence-corrected chi connectivity index (χ1v) is 3.41. The van der Waals surface area contributed by atoms with Gasteiger partial charge in [0.2, 0.25) is 0 Å². The predicted octanol–water partition coefficient (Wildman–Crippen LogP) is 0.586. The van der Waals surface area contributed by atoms with Crippen molar-refractivity contribution >= 4 is 5.97 Å². The Labute approximate surface area is 60.3 Å². The second-order valence-corrected chi connectivity index (χ2v) is 2.62. The highest BCUT2D eigenvalue weighted by Crippen LogP contribution is 2.32. The zero-order chi connectivity index (χ0) is 7.61. The molecule has 0 atom stereocenters. The molecular formula is C7H12O3. The van der Waals surface area contributed by atoms with Gasteiger partial charge in [0.1, 0.15) is 5.41 Å². The van der Waals surface area contributed by atoms with Gasteiger partial charge in [-0.05, 0) is 6.42 Å². The van der Waals surface area contributed by atoms with Crippen LogP contribution in [0.2, 0.25) is 0 Å². The summed E-state index contributed by atoms with van der Waals surface area (Å²) in [7, 11) is 1.41. The van der Waals surface area contributed by atoms with Crippen LogP contribution in [0.1, 0.15) is 13.3 Å². The molecule has 0 N–H and O–H groups in total. The Balaban J connectivity index is 2.55. The van der Waals surface area contributed by atoms with Crippen LogP contribution in [0.5, 0.6) is 0 Å². The Morgan fingerprint density at radius 2 is 2.30 bits per heavy atom. The van der Waals surface area contributed by atoms with Crippen molar-refractivity contribution in [2.45, 2.75) is 13.3 Å². The number of carbonyl (C=O) groups excluding carboxylic acids is 1. The summed E-state index contributed by atoms with van der Waals surface area (Å²) in [5.74, 6) is -0.138. The standard InChI is InChI=1S/C7H12O3/c1-3-7(4-10-5-7)6(8)9-2/h3-5H2,1-2H3. The number of hydrogen-bond donors (Lipinski definition) is 0. The van der Waals surface area contributed by atoms with Gasteiger partial charge >= 0.3 is 5.97 Å². The first-order chi connectivity index (χ1) is 4.75. The van der Waals surface area contributed by atoms with Crippen molar-refractivity contribution in [3.63, 3.8) is 0 Å². The normalized spacial score (nSPS) is 21.4. The number of ether oxygens (including phenoxy) is 2. The van der Waals surface area contributed by atoms with Gasteiger partial charge < -0.3 is 9.47 Å². The van der Waals surface area contributed by atoms with Crippen molar-refractivity contribution in [1.29, 1.82) is 0 Å². The highest BCUT2D eigenvalue weighted by Gasteiger charge is 2.45. The number of carbonyl (C=O) groups is 1. The van der Waals surface area contributed by atoms with E-state index in [0.29, 0.717) is 13.2 Å². The van der Waals surface area contributed by atoms with Crippen molar-refractivity contribution in [3.05, 3.63) is 0 Å². The van der Waals surface area contributed by atoms with E-state index in [9.17, 15) is 4.79 Å². The molecule has 0 unspecified atom stereocenters. The maximum Gasteiger partial charge on any atom is 0.316 e. The predicted molar refractivity (Wildman–Crippen MR) is 35.6 cm³/mol. The van der Waals surface area contributed by atoms with Crippen molar-refractivity contribution in [3.8, 4) is 0 Å². The van der Waals surface area contributed by atoms with Crippen LogP contribution >= 0.6 is 0 Å². The van der Waals surface area contributed by atoms with Crippen LogP contribution in [0.3, 0.4) is 0 Å². The Morgan fingerprint density at radius 1 is 1.70 bits per heavy atom. The zero-order valence-corrected chi connectivity index (χ0v) is 6.35. The summed E-state index contributed by atoms with van der Waals surface area (Å²) in [5.41, 5.74) is -0.311. The molecule has 0 bridgehead atoms. The van der Waals surface area contributed by atoms with Gasteiger partial charge in [0.15, 0.2) is 0 Å². The molecular weight excluding hydrogens is 132 g/mol. The molecule has 1 saturated heterocycles. The number of esters is 1. The summed E-state index contributed by atoms with van der Waals surface area (Å²) < 4.78 is 9.58. The number of hydrogen-bond acceptors (Lipinski definition) is 3. The molecule has 0 aromatic heterocycles. The van der Waals surface area contributed by atoms with Crippen LogP contribution in [0.15, 0.2) is 0 Å². The van der Waals surface area contributed by atoms with E-state index in [0.717, 1.165) is 6.42 Å². The van der Waals surface area contributed by atoms with E-state index >= 15 is 0 Å². The number of methoxy groups -OCH3 is 1. The molecule has 1 aliphatic rings. The molecule has 3 nitrogen and oxygen atoms in total. The average molecular weight is 144 g/mol. The SMILES string of the molecule is CCC1(C(=O)OC)COC1. The minimum atomic E-state index is -0.311. The Hall–Kier alpha value is -0.570. The molecule has 3 heteroatoms. The van der Waals surface area contributed by atoms with Gasteiger partial charge in [-0.1, -0.05) is 6.92 Å². The quantitative estimate of drug-likeness (QED) is 0.532. The second kappa shape index (κ2) is 2.58. The van der Waals surface area contributed by atoms with Crippen LogP contribution in [-0.2, 0) is 14.3 Å². The van der Waals surface area contributed by atoms with Crippen LogP contribution in [-0.4, -0.2) is 26.3 Å². The van der Waals surface area contributed by atoms with Gasteiger partial charge in [-0.3, -0.25) is 4.79 Å². The molecule has 58 valence electrons. The van der Waals surface area contributed by atoms with Gasteiger partial charge in [0.05, 0.1) is 20.3 Å². The highest BCUT2D eigenvalue weighted by atomic mass is 16.5. The average Bonchev–Trinajstić information content (AvgIpc) is 1.86. The summed E-state index contributed by atoms with van der Waals surface area (Å²) in [5, 5.41) is 0. The third-order valence-electron chi connectivity index (χ3n) is 2.05. The summed E-state index contributed by atoms with van der Waals surface area (Å²) in [6, 6.07) is 0. The molecule has 1 fully saturated rings. The highest BCUT2D eigenvalue weighted by molar-refractivity contribution is 5.77. The summed E-state index contributed by atoms with van der Waals surface area (Å²) in [6.45, 7) is 3.02. The third-order valence-corrected chi connectivity index (χ3v) is 2.05. The summed E-state index contributed by atoms with van der Waals surface area (Å²) >= 11 is 0. The smallest absolute Gasteiger partial charge is 0.316 e. The largest absolute Gasteiger partial charge is 0.468 e. The molecule has 0 aromatic rings. The third kappa shape index (κ3) is 0.904. The van der Waals surface area contributed by atoms with Gasteiger partial charge in [-0.15, -0.1) is 0 Å². The van der Waals surface area contributed by atoms with Crippen molar-refractivity contribution < 1.29 is 14.3 Å². The van der Waals surface area contributed by atoms with Gasteiger partial charge in [0, 0.05) is 0 Å². The van der Waals surface area contributed by atoms with Crippen LogP contribution in [0.25, 0.3) is 0 Å². The molecule has 1 rings (SSSR count). The van der Waals surface area contributed by atoms with E-state index in [4.69, 9.17) is 4.74 Å². The lowest BCUT2D eigenvalue weighted by Crippen LogP contribution is -2.49. The minimum Gasteiger partial charge on any atom is -0.468 e. The lowest BCUT2D eigenvalue weighted by molar-refractivity contribution is -0.183. The zero-order valence-electron chi connectivity index (χ0n) is 6.35. The molecule has 0 aliphatic carbocycles. The first-order valence-electron chi connectivity index (χ1n) is 3.41. The molecule has 10 heavy (non-hydrogen) atoms.